The molecule has 0 aliphatic rings. The molecule has 0 aromatic carbocycles. The van der Waals surface area contributed by atoms with Crippen LogP contribution in [0.25, 0.3) is 0 Å². The molecule has 0 atom stereocenters. The summed E-state index contributed by atoms with van der Waals surface area (Å²) in [4.78, 5) is 0. The first-order valence-corrected chi connectivity index (χ1v) is 8.33. The summed E-state index contributed by atoms with van der Waals surface area (Å²) >= 11 is 0. The van der Waals surface area contributed by atoms with Crippen LogP contribution in [-0.2, 0) is 9.84 Å². The highest BCUT2D eigenvalue weighted by Crippen LogP contribution is 2.18. The van der Waals surface area contributed by atoms with Crippen LogP contribution in [0.3, 0.4) is 0 Å². The lowest BCUT2D eigenvalue weighted by Crippen LogP contribution is -2.30. The third kappa shape index (κ3) is 7.17. The summed E-state index contributed by atoms with van der Waals surface area (Å²) in [5.74, 6) is 0.246. The van der Waals surface area contributed by atoms with Gasteiger partial charge in [0, 0.05) is 6.04 Å². The molecule has 0 saturated carbocycles. The van der Waals surface area contributed by atoms with E-state index < -0.39 is 14.6 Å². The zero-order valence-corrected chi connectivity index (χ0v) is 13.5. The zero-order valence-electron chi connectivity index (χ0n) is 12.7. The number of nitrogens with one attached hydrogen (secondary N) is 1. The van der Waals surface area contributed by atoms with Gasteiger partial charge in [0.25, 0.3) is 0 Å². The largest absolute Gasteiger partial charge is 0.314 e. The number of sulfone groups is 1. The smallest absolute Gasteiger partial charge is 0.155 e. The van der Waals surface area contributed by atoms with E-state index in [4.69, 9.17) is 0 Å². The molecule has 1 N–H and O–H groups in total. The van der Waals surface area contributed by atoms with Gasteiger partial charge in [0.2, 0.25) is 0 Å². The van der Waals surface area contributed by atoms with Crippen molar-refractivity contribution in [3.05, 3.63) is 11.6 Å². The first kappa shape index (κ1) is 17.6. The molecule has 0 aliphatic heterocycles. The van der Waals surface area contributed by atoms with E-state index in [0.717, 1.165) is 18.5 Å². The molecule has 0 radical (unpaired) electrons. The fourth-order valence-corrected chi connectivity index (χ4v) is 2.60. The molecule has 108 valence electrons. The average Bonchev–Trinajstić information content (AvgIpc) is 2.19. The van der Waals surface area contributed by atoms with E-state index in [2.05, 4.69) is 25.2 Å². The van der Waals surface area contributed by atoms with Crippen LogP contribution in [0.2, 0.25) is 0 Å². The van der Waals surface area contributed by atoms with Gasteiger partial charge in [-0.2, -0.15) is 0 Å². The Bertz CT molecular complexity index is 362. The van der Waals surface area contributed by atoms with E-state index >= 15 is 0 Å². The predicted octanol–water partition coefficient (Wildman–Crippen LogP) is 2.92. The minimum Gasteiger partial charge on any atom is -0.314 e. The maximum atomic E-state index is 11.9. The lowest BCUT2D eigenvalue weighted by Gasteiger charge is -2.19. The van der Waals surface area contributed by atoms with E-state index in [9.17, 15) is 8.42 Å². The van der Waals surface area contributed by atoms with Gasteiger partial charge < -0.3 is 5.32 Å². The summed E-state index contributed by atoms with van der Waals surface area (Å²) < 4.78 is 23.2. The minimum absolute atomic E-state index is 0.246. The third-order valence-electron chi connectivity index (χ3n) is 2.89. The van der Waals surface area contributed by atoms with E-state index in [1.807, 2.05) is 6.92 Å². The summed E-state index contributed by atoms with van der Waals surface area (Å²) in [6.45, 7) is 12.5. The molecule has 18 heavy (non-hydrogen) atoms. The highest BCUT2D eigenvalue weighted by Gasteiger charge is 2.28. The van der Waals surface area contributed by atoms with E-state index in [0.29, 0.717) is 12.5 Å². The second-order valence-corrected chi connectivity index (χ2v) is 8.99. The normalized spacial score (nSPS) is 14.3. The highest BCUT2D eigenvalue weighted by atomic mass is 32.2. The monoisotopic (exact) mass is 275 g/mol. The molecule has 0 rings (SSSR count). The highest BCUT2D eigenvalue weighted by molar-refractivity contribution is 7.92. The Balaban J connectivity index is 4.11. The van der Waals surface area contributed by atoms with Crippen molar-refractivity contribution in [3.63, 3.8) is 0 Å². The van der Waals surface area contributed by atoms with Gasteiger partial charge >= 0.3 is 0 Å². The fraction of sp³-hybridized carbons (Fsp3) is 0.857. The molecule has 0 unspecified atom stereocenters. The Hall–Kier alpha value is -0.350. The lowest BCUT2D eigenvalue weighted by molar-refractivity contribution is 0.559. The van der Waals surface area contributed by atoms with Gasteiger partial charge in [-0.15, -0.1) is 0 Å². The van der Waals surface area contributed by atoms with Gasteiger partial charge in [0.05, 0.1) is 10.5 Å². The zero-order chi connectivity index (χ0) is 14.4. The van der Waals surface area contributed by atoms with Crippen molar-refractivity contribution >= 4 is 9.84 Å². The van der Waals surface area contributed by atoms with E-state index in [-0.39, 0.29) is 5.75 Å². The predicted molar refractivity (Wildman–Crippen MR) is 79.7 cm³/mol. The Morgan fingerprint density at radius 1 is 1.28 bits per heavy atom. The second-order valence-electron chi connectivity index (χ2n) is 6.13. The Labute approximate surface area is 113 Å². The van der Waals surface area contributed by atoms with Gasteiger partial charge in [-0.1, -0.05) is 25.5 Å². The molecule has 0 spiro atoms. The van der Waals surface area contributed by atoms with Gasteiger partial charge in [0.15, 0.2) is 9.84 Å². The summed E-state index contributed by atoms with van der Waals surface area (Å²) in [7, 11) is -2.99. The van der Waals surface area contributed by atoms with Crippen LogP contribution >= 0.6 is 0 Å². The third-order valence-corrected chi connectivity index (χ3v) is 5.50. The van der Waals surface area contributed by atoms with E-state index in [1.54, 1.807) is 20.8 Å². The number of allylic oxidation sites excluding steroid dienone is 1. The number of hydrogen-bond donors (Lipinski definition) is 1. The molecule has 0 fully saturated rings. The second kappa shape index (κ2) is 7.29. The van der Waals surface area contributed by atoms with Crippen LogP contribution in [0.5, 0.6) is 0 Å². The van der Waals surface area contributed by atoms with Crippen LogP contribution in [0.1, 0.15) is 54.4 Å². The van der Waals surface area contributed by atoms with Crippen LogP contribution in [0.4, 0.5) is 0 Å². The van der Waals surface area contributed by atoms with Crippen molar-refractivity contribution in [2.75, 3.05) is 12.3 Å². The molecular weight excluding hydrogens is 246 g/mol. The molecule has 0 bridgehead atoms. The first-order chi connectivity index (χ1) is 8.06. The van der Waals surface area contributed by atoms with Crippen LogP contribution in [-0.4, -0.2) is 31.5 Å². The van der Waals surface area contributed by atoms with Gasteiger partial charge in [0.1, 0.15) is 0 Å². The van der Waals surface area contributed by atoms with Crippen LogP contribution in [0.15, 0.2) is 11.6 Å². The summed E-state index contributed by atoms with van der Waals surface area (Å²) in [6, 6.07) is 0.500. The average molecular weight is 275 g/mol. The fourth-order valence-electron chi connectivity index (χ4n) is 1.39. The van der Waals surface area contributed by atoms with Gasteiger partial charge in [-0.05, 0) is 47.1 Å². The molecule has 0 aliphatic carbocycles. The van der Waals surface area contributed by atoms with Crippen molar-refractivity contribution in [1.82, 2.24) is 5.32 Å². The van der Waals surface area contributed by atoms with Crippen molar-refractivity contribution in [1.29, 1.82) is 0 Å². The Morgan fingerprint density at radius 3 is 2.28 bits per heavy atom. The van der Waals surface area contributed by atoms with Crippen LogP contribution in [0, 0.1) is 0 Å². The van der Waals surface area contributed by atoms with Crippen LogP contribution < -0.4 is 5.32 Å². The molecule has 0 aromatic rings. The molecule has 4 heteroatoms. The molecule has 0 heterocycles. The van der Waals surface area contributed by atoms with Crippen molar-refractivity contribution < 1.29 is 8.42 Å². The van der Waals surface area contributed by atoms with Crippen molar-refractivity contribution in [2.24, 2.45) is 0 Å². The van der Waals surface area contributed by atoms with Gasteiger partial charge in [-0.25, -0.2) is 8.42 Å². The maximum Gasteiger partial charge on any atom is 0.155 e. The molecule has 0 aromatic heterocycles. The minimum atomic E-state index is -2.99. The Morgan fingerprint density at radius 2 is 1.83 bits per heavy atom. The molecule has 0 saturated heterocycles. The summed E-state index contributed by atoms with van der Waals surface area (Å²) in [5, 5.41) is 3.33. The molecule has 3 nitrogen and oxygen atoms in total. The number of hydrogen-bond acceptors (Lipinski definition) is 3. The Kier molecular flexibility index (Phi) is 7.15. The quantitative estimate of drug-likeness (QED) is 0.574. The topological polar surface area (TPSA) is 46.2 Å². The number of rotatable bonds is 7. The summed E-state index contributed by atoms with van der Waals surface area (Å²) in [6.07, 6.45) is 3.73. The maximum absolute atomic E-state index is 11.9. The SMILES string of the molecule is C/C(=C/CCNC(C)C)CCS(=O)(=O)C(C)(C)C. The summed E-state index contributed by atoms with van der Waals surface area (Å²) in [5.41, 5.74) is 1.16. The molecule has 0 amide bonds. The van der Waals surface area contributed by atoms with Crippen molar-refractivity contribution in [3.8, 4) is 0 Å². The lowest BCUT2D eigenvalue weighted by atomic mass is 10.2. The molecular formula is C14H29NO2S. The van der Waals surface area contributed by atoms with Crippen molar-refractivity contribution in [2.45, 2.75) is 65.2 Å². The van der Waals surface area contributed by atoms with E-state index in [1.165, 1.54) is 0 Å². The first-order valence-electron chi connectivity index (χ1n) is 6.67. The van der Waals surface area contributed by atoms with Gasteiger partial charge in [-0.3, -0.25) is 0 Å². The standard InChI is InChI=1S/C14H29NO2S/c1-12(2)15-10-7-8-13(3)9-11-18(16,17)14(4,5)6/h8,12,15H,7,9-11H2,1-6H3/b13-8-.